The lowest BCUT2D eigenvalue weighted by atomic mass is 9.82. The Hall–Kier alpha value is -1.16. The van der Waals surface area contributed by atoms with E-state index in [2.05, 4.69) is 48.0 Å². The largest absolute Gasteiger partial charge is 0.294 e. The zero-order chi connectivity index (χ0) is 17.2. The second-order valence-electron chi connectivity index (χ2n) is 7.20. The molecule has 2 aliphatic rings. The Labute approximate surface area is 153 Å². The van der Waals surface area contributed by atoms with E-state index in [0.717, 1.165) is 55.3 Å². The van der Waals surface area contributed by atoms with Crippen LogP contribution in [0.2, 0.25) is 0 Å². The van der Waals surface area contributed by atoms with Gasteiger partial charge in [0.25, 0.3) is 5.91 Å². The van der Waals surface area contributed by atoms with Crippen LogP contribution in [-0.2, 0) is 11.3 Å². The van der Waals surface area contributed by atoms with Crippen LogP contribution in [0.3, 0.4) is 0 Å². The van der Waals surface area contributed by atoms with Gasteiger partial charge in [-0.15, -0.1) is 0 Å². The molecule has 0 radical (unpaired) electrons. The average molecular weight is 391 g/mol. The third-order valence-corrected chi connectivity index (χ3v) is 6.19. The van der Waals surface area contributed by atoms with Crippen LogP contribution in [-0.4, -0.2) is 22.2 Å². The van der Waals surface area contributed by atoms with E-state index in [9.17, 15) is 4.79 Å². The molecule has 1 aliphatic carbocycles. The number of amides is 1. The smallest absolute Gasteiger partial charge is 0.256 e. The number of carbonyl (C=O) groups excluding carboxylic acids is 1. The lowest BCUT2D eigenvalue weighted by Gasteiger charge is -2.29. The summed E-state index contributed by atoms with van der Waals surface area (Å²) in [7, 11) is 0. The maximum absolute atomic E-state index is 13.2. The summed E-state index contributed by atoms with van der Waals surface area (Å²) in [6, 6.07) is 6.35. The summed E-state index contributed by atoms with van der Waals surface area (Å²) in [5.41, 5.74) is 1.95. The van der Waals surface area contributed by atoms with Gasteiger partial charge in [-0.3, -0.25) is 14.7 Å². The monoisotopic (exact) mass is 390 g/mol. The predicted molar refractivity (Wildman–Crippen MR) is 102 cm³/mol. The lowest BCUT2D eigenvalue weighted by Crippen LogP contribution is -2.43. The first-order chi connectivity index (χ1) is 11.6. The molecule has 0 unspecified atom stereocenters. The van der Waals surface area contributed by atoms with Crippen molar-refractivity contribution < 1.29 is 4.79 Å². The van der Waals surface area contributed by atoms with Crippen molar-refractivity contribution in [2.24, 2.45) is 4.99 Å². The molecular weight excluding hydrogens is 364 g/mol. The van der Waals surface area contributed by atoms with Gasteiger partial charge in [0.2, 0.25) is 0 Å². The number of nitrogens with zero attached hydrogens (tertiary/aromatic N) is 2. The van der Waals surface area contributed by atoms with Gasteiger partial charge in [0.1, 0.15) is 11.4 Å². The normalized spacial score (nSPS) is 19.9. The van der Waals surface area contributed by atoms with E-state index in [1.807, 2.05) is 4.90 Å². The SMILES string of the molecule is CCCCC1=NC2(CCCCC2)C(=O)N1Cc1ccc(Br)c(C)c1. The number of aryl methyl sites for hydroxylation is 1. The molecule has 1 spiro atoms. The van der Waals surface area contributed by atoms with Crippen LogP contribution in [0.1, 0.15) is 69.4 Å². The van der Waals surface area contributed by atoms with E-state index in [1.54, 1.807) is 0 Å². The highest BCUT2D eigenvalue weighted by molar-refractivity contribution is 9.10. The third kappa shape index (κ3) is 3.44. The maximum atomic E-state index is 13.2. The van der Waals surface area contributed by atoms with Gasteiger partial charge in [0.05, 0.1) is 6.54 Å². The Morgan fingerprint density at radius 2 is 2.00 bits per heavy atom. The first-order valence-corrected chi connectivity index (χ1v) is 10.0. The summed E-state index contributed by atoms with van der Waals surface area (Å²) >= 11 is 3.55. The second-order valence-corrected chi connectivity index (χ2v) is 8.05. The lowest BCUT2D eigenvalue weighted by molar-refractivity contribution is -0.132. The minimum absolute atomic E-state index is 0.244. The number of benzene rings is 1. The Morgan fingerprint density at radius 1 is 1.25 bits per heavy atom. The molecule has 1 aromatic rings. The maximum Gasteiger partial charge on any atom is 0.256 e. The Balaban J connectivity index is 1.85. The minimum atomic E-state index is -0.439. The molecule has 3 nitrogen and oxygen atoms in total. The predicted octanol–water partition coefficient (Wildman–Crippen LogP) is 5.39. The second kappa shape index (κ2) is 7.38. The quantitative estimate of drug-likeness (QED) is 0.662. The Bertz CT molecular complexity index is 647. The number of amidine groups is 1. The summed E-state index contributed by atoms with van der Waals surface area (Å²) in [5, 5.41) is 0. The first-order valence-electron chi connectivity index (χ1n) is 9.21. The molecule has 4 heteroatoms. The van der Waals surface area contributed by atoms with Gasteiger partial charge in [-0.25, -0.2) is 0 Å². The van der Waals surface area contributed by atoms with Crippen LogP contribution in [0.15, 0.2) is 27.7 Å². The van der Waals surface area contributed by atoms with Gasteiger partial charge >= 0.3 is 0 Å². The highest BCUT2D eigenvalue weighted by atomic mass is 79.9. The van der Waals surface area contributed by atoms with Gasteiger partial charge in [-0.2, -0.15) is 0 Å². The van der Waals surface area contributed by atoms with Crippen molar-refractivity contribution in [3.05, 3.63) is 33.8 Å². The van der Waals surface area contributed by atoms with Crippen LogP contribution in [0.4, 0.5) is 0 Å². The number of unbranched alkanes of at least 4 members (excludes halogenated alkanes) is 1. The molecule has 1 aromatic carbocycles. The fourth-order valence-electron chi connectivity index (χ4n) is 3.86. The summed E-state index contributed by atoms with van der Waals surface area (Å²) < 4.78 is 1.11. The Morgan fingerprint density at radius 3 is 2.67 bits per heavy atom. The van der Waals surface area contributed by atoms with E-state index < -0.39 is 5.54 Å². The molecule has 0 N–H and O–H groups in total. The molecule has 0 bridgehead atoms. The van der Waals surface area contributed by atoms with E-state index in [-0.39, 0.29) is 5.91 Å². The van der Waals surface area contributed by atoms with E-state index in [1.165, 1.54) is 17.5 Å². The molecule has 0 saturated heterocycles. The molecule has 24 heavy (non-hydrogen) atoms. The highest BCUT2D eigenvalue weighted by Gasteiger charge is 2.47. The minimum Gasteiger partial charge on any atom is -0.294 e. The van der Waals surface area contributed by atoms with E-state index in [0.29, 0.717) is 6.54 Å². The molecule has 1 aliphatic heterocycles. The number of halogens is 1. The molecule has 1 fully saturated rings. The number of hydrogen-bond donors (Lipinski definition) is 0. The Kier molecular flexibility index (Phi) is 5.43. The number of carbonyl (C=O) groups is 1. The van der Waals surface area contributed by atoms with Crippen molar-refractivity contribution >= 4 is 27.7 Å². The van der Waals surface area contributed by atoms with Crippen molar-refractivity contribution in [3.63, 3.8) is 0 Å². The van der Waals surface area contributed by atoms with Gasteiger partial charge in [0, 0.05) is 10.9 Å². The van der Waals surface area contributed by atoms with Gasteiger partial charge in [-0.1, -0.05) is 60.7 Å². The molecule has 3 rings (SSSR count). The van der Waals surface area contributed by atoms with Crippen LogP contribution < -0.4 is 0 Å². The molecule has 1 heterocycles. The summed E-state index contributed by atoms with van der Waals surface area (Å²) in [6.07, 6.45) is 8.49. The number of aliphatic imine (C=N–C) groups is 1. The molecule has 0 atom stereocenters. The van der Waals surface area contributed by atoms with Crippen molar-refractivity contribution in [2.45, 2.75) is 77.3 Å². The van der Waals surface area contributed by atoms with Crippen LogP contribution in [0.5, 0.6) is 0 Å². The molecule has 130 valence electrons. The molecule has 1 saturated carbocycles. The van der Waals surface area contributed by atoms with Crippen LogP contribution in [0, 0.1) is 6.92 Å². The summed E-state index contributed by atoms with van der Waals surface area (Å²) in [4.78, 5) is 20.2. The standard InChI is InChI=1S/C20H27BrN2O/c1-3-4-8-18-22-20(11-6-5-7-12-20)19(24)23(18)14-16-9-10-17(21)15(2)13-16/h9-10,13H,3-8,11-12,14H2,1-2H3. The topological polar surface area (TPSA) is 32.7 Å². The number of rotatable bonds is 5. The van der Waals surface area contributed by atoms with Crippen LogP contribution >= 0.6 is 15.9 Å². The van der Waals surface area contributed by atoms with Crippen LogP contribution in [0.25, 0.3) is 0 Å². The zero-order valence-electron chi connectivity index (χ0n) is 14.8. The van der Waals surface area contributed by atoms with Crippen molar-refractivity contribution in [1.82, 2.24) is 4.90 Å². The fraction of sp³-hybridized carbons (Fsp3) is 0.600. The van der Waals surface area contributed by atoms with E-state index >= 15 is 0 Å². The van der Waals surface area contributed by atoms with Gasteiger partial charge < -0.3 is 0 Å². The fourth-order valence-corrected chi connectivity index (χ4v) is 4.11. The van der Waals surface area contributed by atoms with Gasteiger partial charge in [0.15, 0.2) is 0 Å². The molecule has 0 aromatic heterocycles. The van der Waals surface area contributed by atoms with Gasteiger partial charge in [-0.05, 0) is 43.4 Å². The molecule has 1 amide bonds. The van der Waals surface area contributed by atoms with Crippen molar-refractivity contribution in [2.75, 3.05) is 0 Å². The first kappa shape index (κ1) is 17.7. The van der Waals surface area contributed by atoms with Crippen molar-refractivity contribution in [3.8, 4) is 0 Å². The van der Waals surface area contributed by atoms with Crippen molar-refractivity contribution in [1.29, 1.82) is 0 Å². The van der Waals surface area contributed by atoms with E-state index in [4.69, 9.17) is 4.99 Å². The number of hydrogen-bond acceptors (Lipinski definition) is 2. The average Bonchev–Trinajstić information content (AvgIpc) is 2.82. The highest BCUT2D eigenvalue weighted by Crippen LogP contribution is 2.38. The third-order valence-electron chi connectivity index (χ3n) is 5.30. The summed E-state index contributed by atoms with van der Waals surface area (Å²) in [5.74, 6) is 1.26. The zero-order valence-corrected chi connectivity index (χ0v) is 16.4. The molecular formula is C20H27BrN2O. The summed E-state index contributed by atoms with van der Waals surface area (Å²) in [6.45, 7) is 4.93.